The largest absolute Gasteiger partial charge is 0.481 e. The number of carboxylic acids is 1. The highest BCUT2D eigenvalue weighted by molar-refractivity contribution is 6.14. The maximum atomic E-state index is 11.8. The van der Waals surface area contributed by atoms with Gasteiger partial charge in [0.2, 0.25) is 19.8 Å². The fourth-order valence-corrected chi connectivity index (χ4v) is 3.58. The van der Waals surface area contributed by atoms with Gasteiger partial charge in [-0.15, -0.1) is 0 Å². The van der Waals surface area contributed by atoms with Crippen LogP contribution < -0.4 is 21.6 Å². The quantitative estimate of drug-likeness (QED) is 0.0932. The molecule has 1 fully saturated rings. The zero-order valence-electron chi connectivity index (χ0n) is 16.2. The zero-order valence-corrected chi connectivity index (χ0v) is 16.2. The molecule has 1 aliphatic carbocycles. The van der Waals surface area contributed by atoms with Crippen LogP contribution in [0.5, 0.6) is 0 Å². The highest BCUT2D eigenvalue weighted by atomic mass is 16.5. The Morgan fingerprint density at radius 3 is 2.41 bits per heavy atom. The highest BCUT2D eigenvalue weighted by Gasteiger charge is 2.53. The van der Waals surface area contributed by atoms with Crippen molar-refractivity contribution in [3.63, 3.8) is 0 Å². The molecule has 0 heterocycles. The number of amides is 2. The fourth-order valence-electron chi connectivity index (χ4n) is 3.58. The van der Waals surface area contributed by atoms with E-state index in [0.717, 1.165) is 6.92 Å². The topological polar surface area (TPSA) is 227 Å². The average molecular weight is 417 g/mol. The maximum absolute atomic E-state index is 11.8. The SMILES string of the molecule is BNC(=O)CO[C@H]1[C@@H]([C@H](NC(C)=O)[C@@H](O)[C@@H](O)CO)[C@H](NC(=N)N)C[C@@H]1C(=O)O. The smallest absolute Gasteiger partial charge is 0.309 e. The second-order valence-corrected chi connectivity index (χ2v) is 6.84. The summed E-state index contributed by atoms with van der Waals surface area (Å²) >= 11 is 0. The molecule has 0 unspecified atom stereocenters. The van der Waals surface area contributed by atoms with Crippen molar-refractivity contribution in [3.05, 3.63) is 0 Å². The van der Waals surface area contributed by atoms with Crippen LogP contribution in [0.3, 0.4) is 0 Å². The van der Waals surface area contributed by atoms with E-state index < -0.39 is 79.2 Å². The molecule has 13 nitrogen and oxygen atoms in total. The molecule has 29 heavy (non-hydrogen) atoms. The molecule has 0 bridgehead atoms. The molecule has 0 radical (unpaired) electrons. The molecular formula is C15H28BN5O8. The number of hydrogen-bond acceptors (Lipinski definition) is 8. The van der Waals surface area contributed by atoms with Crippen LogP contribution in [-0.2, 0) is 19.1 Å². The Hall–Kier alpha value is -2.42. The van der Waals surface area contributed by atoms with Gasteiger partial charge >= 0.3 is 5.97 Å². The molecule has 1 saturated carbocycles. The van der Waals surface area contributed by atoms with Gasteiger partial charge in [0.1, 0.15) is 18.8 Å². The molecule has 0 aromatic carbocycles. The minimum absolute atomic E-state index is 0.0873. The van der Waals surface area contributed by atoms with Gasteiger partial charge < -0.3 is 46.8 Å². The minimum atomic E-state index is -1.69. The van der Waals surface area contributed by atoms with Crippen LogP contribution in [-0.4, -0.2) is 95.8 Å². The van der Waals surface area contributed by atoms with Crippen LogP contribution in [0.4, 0.5) is 0 Å². The first-order valence-electron chi connectivity index (χ1n) is 8.93. The van der Waals surface area contributed by atoms with Crippen LogP contribution in [0, 0.1) is 17.2 Å². The number of rotatable bonds is 10. The van der Waals surface area contributed by atoms with E-state index in [4.69, 9.17) is 15.9 Å². The summed E-state index contributed by atoms with van der Waals surface area (Å²) in [6, 6.07) is -2.12. The number of nitrogens with one attached hydrogen (secondary N) is 4. The Balaban J connectivity index is 3.37. The van der Waals surface area contributed by atoms with E-state index in [1.165, 1.54) is 7.98 Å². The number of hydrogen-bond donors (Lipinski definition) is 9. The molecule has 0 aromatic heterocycles. The van der Waals surface area contributed by atoms with Gasteiger partial charge in [-0.05, 0) is 6.42 Å². The van der Waals surface area contributed by atoms with E-state index in [9.17, 15) is 34.8 Å². The summed E-state index contributed by atoms with van der Waals surface area (Å²) in [7, 11) is 1.37. The van der Waals surface area contributed by atoms with Crippen LogP contribution in [0.25, 0.3) is 0 Å². The van der Waals surface area contributed by atoms with Crippen molar-refractivity contribution in [2.24, 2.45) is 17.6 Å². The van der Waals surface area contributed by atoms with E-state index in [-0.39, 0.29) is 6.42 Å². The third-order valence-electron chi connectivity index (χ3n) is 4.83. The number of aliphatic hydroxyl groups excluding tert-OH is 3. The first-order valence-corrected chi connectivity index (χ1v) is 8.93. The molecule has 164 valence electrons. The molecule has 0 spiro atoms. The lowest BCUT2D eigenvalue weighted by Gasteiger charge is -2.37. The predicted octanol–water partition coefficient (Wildman–Crippen LogP) is -5.17. The minimum Gasteiger partial charge on any atom is -0.481 e. The van der Waals surface area contributed by atoms with Gasteiger partial charge in [-0.3, -0.25) is 19.8 Å². The molecule has 0 saturated heterocycles. The second kappa shape index (κ2) is 10.9. The van der Waals surface area contributed by atoms with Crippen molar-refractivity contribution in [1.82, 2.24) is 15.9 Å². The zero-order chi connectivity index (χ0) is 22.3. The molecular weight excluding hydrogens is 389 g/mol. The highest BCUT2D eigenvalue weighted by Crippen LogP contribution is 2.38. The van der Waals surface area contributed by atoms with Crippen molar-refractivity contribution in [2.75, 3.05) is 13.2 Å². The van der Waals surface area contributed by atoms with Crippen molar-refractivity contribution in [1.29, 1.82) is 5.41 Å². The van der Waals surface area contributed by atoms with E-state index in [1.54, 1.807) is 0 Å². The lowest BCUT2D eigenvalue weighted by molar-refractivity contribution is -0.150. The Morgan fingerprint density at radius 1 is 1.34 bits per heavy atom. The average Bonchev–Trinajstić information content (AvgIpc) is 3.00. The summed E-state index contributed by atoms with van der Waals surface area (Å²) in [5.74, 6) is -5.01. The van der Waals surface area contributed by atoms with E-state index >= 15 is 0 Å². The van der Waals surface area contributed by atoms with Gasteiger partial charge in [0.15, 0.2) is 5.96 Å². The Morgan fingerprint density at radius 2 is 1.97 bits per heavy atom. The number of carbonyl (C=O) groups is 3. The first-order chi connectivity index (χ1) is 13.5. The molecule has 0 aliphatic heterocycles. The Kier molecular flexibility index (Phi) is 9.29. The van der Waals surface area contributed by atoms with Gasteiger partial charge in [0.05, 0.1) is 24.7 Å². The molecule has 7 atom stereocenters. The number of guanidine groups is 1. The summed E-state index contributed by atoms with van der Waals surface area (Å²) < 4.78 is 5.53. The molecule has 1 rings (SSSR count). The van der Waals surface area contributed by atoms with E-state index in [1.807, 2.05) is 0 Å². The number of ether oxygens (including phenoxy) is 1. The van der Waals surface area contributed by atoms with Gasteiger partial charge in [0, 0.05) is 18.9 Å². The number of carbonyl (C=O) groups excluding carboxylic acids is 2. The van der Waals surface area contributed by atoms with Gasteiger partial charge in [-0.2, -0.15) is 0 Å². The monoisotopic (exact) mass is 417 g/mol. The summed E-state index contributed by atoms with van der Waals surface area (Å²) in [6.07, 6.45) is -4.60. The summed E-state index contributed by atoms with van der Waals surface area (Å²) in [6.45, 7) is -0.150. The van der Waals surface area contributed by atoms with Crippen LogP contribution in [0.15, 0.2) is 0 Å². The van der Waals surface area contributed by atoms with E-state index in [2.05, 4.69) is 15.9 Å². The summed E-state index contributed by atoms with van der Waals surface area (Å²) in [4.78, 5) is 35.1. The lowest BCUT2D eigenvalue weighted by atomic mass is 9.85. The third-order valence-corrected chi connectivity index (χ3v) is 4.83. The van der Waals surface area contributed by atoms with Crippen molar-refractivity contribution in [3.8, 4) is 0 Å². The van der Waals surface area contributed by atoms with E-state index in [0.29, 0.717) is 0 Å². The van der Waals surface area contributed by atoms with Gasteiger partial charge in [-0.1, -0.05) is 0 Å². The lowest BCUT2D eigenvalue weighted by Crippen LogP contribution is -2.60. The van der Waals surface area contributed by atoms with Crippen LogP contribution >= 0.6 is 0 Å². The number of aliphatic carboxylic acids is 1. The number of aliphatic hydroxyl groups is 3. The number of carboxylic acid groups (broad SMARTS) is 1. The summed E-state index contributed by atoms with van der Waals surface area (Å²) in [5.41, 5.74) is 5.39. The Labute approximate surface area is 167 Å². The Bertz CT molecular complexity index is 624. The maximum Gasteiger partial charge on any atom is 0.309 e. The standard InChI is InChI=1S/C15H28BN5O8/c1-5(23)19-11(12(26)8(24)3-22)10-7(20-15(17)18)2-6(14(27)28)13(10)29-4-9(25)21-16/h6-8,10-13,22,24,26H,2-4,16H2,1H3,(H,19,23)(H,21,25)(H,27,28)(H4,17,18,20)/t6-,7+,8-,10+,11-,12-,13+/m0/s1. The van der Waals surface area contributed by atoms with Crippen molar-refractivity contribution in [2.45, 2.75) is 43.7 Å². The second-order valence-electron chi connectivity index (χ2n) is 6.84. The predicted molar refractivity (Wildman–Crippen MR) is 101 cm³/mol. The molecule has 14 heteroatoms. The fraction of sp³-hybridized carbons (Fsp3) is 0.733. The molecule has 2 amide bonds. The van der Waals surface area contributed by atoms with Crippen LogP contribution in [0.1, 0.15) is 13.3 Å². The first kappa shape index (κ1) is 24.6. The molecule has 10 N–H and O–H groups in total. The third kappa shape index (κ3) is 6.56. The molecule has 0 aromatic rings. The number of nitrogens with two attached hydrogens (primary N) is 1. The van der Waals surface area contributed by atoms with Gasteiger partial charge in [0.25, 0.3) is 0 Å². The van der Waals surface area contributed by atoms with Gasteiger partial charge in [-0.25, -0.2) is 0 Å². The normalized spacial score (nSPS) is 26.8. The van der Waals surface area contributed by atoms with Crippen molar-refractivity contribution >= 4 is 31.7 Å². The van der Waals surface area contributed by atoms with Crippen molar-refractivity contribution < 1.29 is 39.5 Å². The van der Waals surface area contributed by atoms with Crippen LogP contribution in [0.2, 0.25) is 0 Å². The molecule has 1 aliphatic rings. The summed E-state index contributed by atoms with van der Waals surface area (Å²) in [5, 5.41) is 54.0.